The molecule has 0 aliphatic carbocycles. The molecule has 136 valence electrons. The molecule has 3 aromatic heterocycles. The Bertz CT molecular complexity index is 965. The Morgan fingerprint density at radius 3 is 3.12 bits per heavy atom. The number of halogens is 1. The maximum Gasteiger partial charge on any atom is 0.277 e. The molecular formula is C17H19BrN6O2. The normalized spacial score (nSPS) is 17.7. The Morgan fingerprint density at radius 1 is 1.54 bits per heavy atom. The number of aromatic amines is 1. The molecule has 8 nitrogen and oxygen atoms in total. The zero-order valence-electron chi connectivity index (χ0n) is 14.3. The van der Waals surface area contributed by atoms with E-state index in [2.05, 4.69) is 41.3 Å². The van der Waals surface area contributed by atoms with Gasteiger partial charge >= 0.3 is 0 Å². The Hall–Kier alpha value is -2.39. The van der Waals surface area contributed by atoms with E-state index < -0.39 is 0 Å². The lowest BCUT2D eigenvalue weighted by molar-refractivity contribution is 0.101. The number of carbonyl (C=O) groups is 1. The number of nitrogens with zero attached hydrogens (tertiary/aromatic N) is 3. The standard InChI is InChI=1S/C17H19BrN6O2/c1-9-5-12(23-26-9)17(25)22-13-7-21-16-14(13)15(11(18)6-20-16)24-4-2-3-10(19)8-24/h5-7,10H,2-4,8,19H2,1H3,(H,20,21)(H,22,25)/t10-/m1/s1. The molecule has 4 rings (SSSR count). The quantitative estimate of drug-likeness (QED) is 0.602. The van der Waals surface area contributed by atoms with Gasteiger partial charge in [0.1, 0.15) is 11.4 Å². The molecule has 4 N–H and O–H groups in total. The van der Waals surface area contributed by atoms with Crippen LogP contribution in [-0.4, -0.2) is 40.2 Å². The van der Waals surface area contributed by atoms with Crippen molar-refractivity contribution in [3.05, 3.63) is 34.4 Å². The van der Waals surface area contributed by atoms with Gasteiger partial charge in [0, 0.05) is 37.6 Å². The topological polar surface area (TPSA) is 113 Å². The molecule has 4 heterocycles. The Kier molecular flexibility index (Phi) is 4.41. The minimum Gasteiger partial charge on any atom is -0.368 e. The summed E-state index contributed by atoms with van der Waals surface area (Å²) in [5.41, 5.74) is 8.73. The molecular weight excluding hydrogens is 400 g/mol. The number of nitrogens with two attached hydrogens (primary N) is 1. The van der Waals surface area contributed by atoms with Crippen LogP contribution in [0.4, 0.5) is 11.4 Å². The van der Waals surface area contributed by atoms with Crippen molar-refractivity contribution in [2.24, 2.45) is 5.73 Å². The van der Waals surface area contributed by atoms with Crippen molar-refractivity contribution in [3.63, 3.8) is 0 Å². The second kappa shape index (κ2) is 6.73. The molecule has 1 amide bonds. The average molecular weight is 419 g/mol. The predicted octanol–water partition coefficient (Wildman–Crippen LogP) is 2.80. The molecule has 3 aromatic rings. The molecule has 0 saturated carbocycles. The van der Waals surface area contributed by atoms with Crippen molar-refractivity contribution in [1.29, 1.82) is 0 Å². The number of H-pyrrole nitrogens is 1. The van der Waals surface area contributed by atoms with Crippen LogP contribution in [-0.2, 0) is 0 Å². The summed E-state index contributed by atoms with van der Waals surface area (Å²) >= 11 is 3.61. The minimum atomic E-state index is -0.330. The zero-order chi connectivity index (χ0) is 18.3. The first-order valence-electron chi connectivity index (χ1n) is 8.43. The van der Waals surface area contributed by atoms with E-state index in [1.165, 1.54) is 0 Å². The van der Waals surface area contributed by atoms with Crippen molar-refractivity contribution in [3.8, 4) is 0 Å². The van der Waals surface area contributed by atoms with Gasteiger partial charge in [0.15, 0.2) is 5.69 Å². The van der Waals surface area contributed by atoms with Crippen LogP contribution in [0, 0.1) is 6.92 Å². The first-order valence-corrected chi connectivity index (χ1v) is 9.23. The molecule has 1 atom stereocenters. The van der Waals surface area contributed by atoms with Gasteiger partial charge < -0.3 is 25.5 Å². The van der Waals surface area contributed by atoms with Gasteiger partial charge in [-0.1, -0.05) is 5.16 Å². The van der Waals surface area contributed by atoms with Crippen LogP contribution < -0.4 is 16.0 Å². The molecule has 0 radical (unpaired) electrons. The molecule has 26 heavy (non-hydrogen) atoms. The molecule has 0 spiro atoms. The number of fused-ring (bicyclic) bond motifs is 1. The zero-order valence-corrected chi connectivity index (χ0v) is 15.8. The van der Waals surface area contributed by atoms with Crippen LogP contribution >= 0.6 is 15.9 Å². The number of aromatic nitrogens is 3. The maximum atomic E-state index is 12.5. The van der Waals surface area contributed by atoms with Gasteiger partial charge in [-0.05, 0) is 35.7 Å². The number of amides is 1. The van der Waals surface area contributed by atoms with Crippen molar-refractivity contribution >= 4 is 44.2 Å². The molecule has 1 aliphatic heterocycles. The number of hydrogen-bond acceptors (Lipinski definition) is 6. The van der Waals surface area contributed by atoms with E-state index in [0.717, 1.165) is 41.5 Å². The van der Waals surface area contributed by atoms with Crippen molar-refractivity contribution in [1.82, 2.24) is 15.1 Å². The fraction of sp³-hybridized carbons (Fsp3) is 0.353. The summed E-state index contributed by atoms with van der Waals surface area (Å²) in [6, 6.07) is 1.73. The first kappa shape index (κ1) is 17.0. The molecule has 0 bridgehead atoms. The Labute approximate surface area is 158 Å². The smallest absolute Gasteiger partial charge is 0.277 e. The average Bonchev–Trinajstić information content (AvgIpc) is 3.22. The lowest BCUT2D eigenvalue weighted by atomic mass is 10.1. The van der Waals surface area contributed by atoms with Crippen molar-refractivity contribution in [2.75, 3.05) is 23.3 Å². The van der Waals surface area contributed by atoms with E-state index >= 15 is 0 Å². The summed E-state index contributed by atoms with van der Waals surface area (Å²) in [6.07, 6.45) is 5.55. The number of aryl methyl sites for hydroxylation is 1. The minimum absolute atomic E-state index is 0.133. The summed E-state index contributed by atoms with van der Waals surface area (Å²) in [5, 5.41) is 7.52. The van der Waals surface area contributed by atoms with Gasteiger partial charge in [0.25, 0.3) is 5.91 Å². The van der Waals surface area contributed by atoms with Crippen LogP contribution in [0.1, 0.15) is 29.1 Å². The number of hydrogen-bond donors (Lipinski definition) is 3. The lowest BCUT2D eigenvalue weighted by Gasteiger charge is -2.33. The monoisotopic (exact) mass is 418 g/mol. The third-order valence-corrected chi connectivity index (χ3v) is 5.09. The van der Waals surface area contributed by atoms with E-state index in [-0.39, 0.29) is 17.6 Å². The van der Waals surface area contributed by atoms with Crippen LogP contribution in [0.25, 0.3) is 11.0 Å². The number of carbonyl (C=O) groups excluding carboxylic acids is 1. The third kappa shape index (κ3) is 3.08. The molecule has 1 aliphatic rings. The Morgan fingerprint density at radius 2 is 2.38 bits per heavy atom. The van der Waals surface area contributed by atoms with Gasteiger partial charge in [-0.2, -0.15) is 0 Å². The molecule has 0 unspecified atom stereocenters. The number of anilines is 2. The summed E-state index contributed by atoms with van der Waals surface area (Å²) in [4.78, 5) is 22.3. The van der Waals surface area contributed by atoms with Gasteiger partial charge in [0.2, 0.25) is 0 Å². The van der Waals surface area contributed by atoms with Gasteiger partial charge in [0.05, 0.1) is 21.2 Å². The highest BCUT2D eigenvalue weighted by atomic mass is 79.9. The van der Waals surface area contributed by atoms with E-state index in [0.29, 0.717) is 17.1 Å². The number of pyridine rings is 1. The van der Waals surface area contributed by atoms with Crippen molar-refractivity contribution in [2.45, 2.75) is 25.8 Å². The maximum absolute atomic E-state index is 12.5. The highest BCUT2D eigenvalue weighted by molar-refractivity contribution is 9.10. The molecule has 0 aromatic carbocycles. The number of rotatable bonds is 3. The van der Waals surface area contributed by atoms with Gasteiger partial charge in [-0.3, -0.25) is 4.79 Å². The number of piperidine rings is 1. The summed E-state index contributed by atoms with van der Waals surface area (Å²) in [6.45, 7) is 3.42. The van der Waals surface area contributed by atoms with Crippen LogP contribution in [0.2, 0.25) is 0 Å². The summed E-state index contributed by atoms with van der Waals surface area (Å²) < 4.78 is 5.85. The van der Waals surface area contributed by atoms with Crippen molar-refractivity contribution < 1.29 is 9.32 Å². The Balaban J connectivity index is 1.74. The molecule has 1 fully saturated rings. The van der Waals surface area contributed by atoms with E-state index in [9.17, 15) is 4.79 Å². The fourth-order valence-corrected chi connectivity index (χ4v) is 3.89. The largest absolute Gasteiger partial charge is 0.368 e. The second-order valence-electron chi connectivity index (χ2n) is 6.51. The summed E-state index contributed by atoms with van der Waals surface area (Å²) in [5.74, 6) is 0.255. The highest BCUT2D eigenvalue weighted by Gasteiger charge is 2.24. The third-order valence-electron chi connectivity index (χ3n) is 4.51. The van der Waals surface area contributed by atoms with E-state index in [1.807, 2.05) is 0 Å². The molecule has 9 heteroatoms. The first-order chi connectivity index (χ1) is 12.5. The lowest BCUT2D eigenvalue weighted by Crippen LogP contribution is -2.43. The fourth-order valence-electron chi connectivity index (χ4n) is 3.34. The molecule has 1 saturated heterocycles. The highest BCUT2D eigenvalue weighted by Crippen LogP contribution is 2.38. The van der Waals surface area contributed by atoms with E-state index in [4.69, 9.17) is 10.3 Å². The van der Waals surface area contributed by atoms with Crippen LogP contribution in [0.15, 0.2) is 27.5 Å². The van der Waals surface area contributed by atoms with Gasteiger partial charge in [-0.15, -0.1) is 0 Å². The van der Waals surface area contributed by atoms with Crippen LogP contribution in [0.3, 0.4) is 0 Å². The second-order valence-corrected chi connectivity index (χ2v) is 7.36. The number of nitrogens with one attached hydrogen (secondary N) is 2. The summed E-state index contributed by atoms with van der Waals surface area (Å²) in [7, 11) is 0. The predicted molar refractivity (Wildman–Crippen MR) is 102 cm³/mol. The van der Waals surface area contributed by atoms with E-state index in [1.54, 1.807) is 25.4 Å². The van der Waals surface area contributed by atoms with Crippen LogP contribution in [0.5, 0.6) is 0 Å². The van der Waals surface area contributed by atoms with Gasteiger partial charge in [-0.25, -0.2) is 4.98 Å². The SMILES string of the molecule is Cc1cc(C(=O)Nc2c[nH]c3ncc(Br)c(N4CCC[C@@H](N)C4)c23)no1.